The number of fused-ring (bicyclic) bond motifs is 1. The molecule has 0 aliphatic heterocycles. The normalized spacial score (nSPS) is 13.9. The minimum Gasteiger partial charge on any atom is -0.361 e. The highest BCUT2D eigenvalue weighted by molar-refractivity contribution is 5.84. The van der Waals surface area contributed by atoms with Crippen LogP contribution in [0.1, 0.15) is 26.3 Å². The first kappa shape index (κ1) is 14.1. The highest BCUT2D eigenvalue weighted by Gasteiger charge is 2.23. The lowest BCUT2D eigenvalue weighted by Gasteiger charge is -2.26. The number of nitrogens with one attached hydrogen (secondary N) is 2. The van der Waals surface area contributed by atoms with Gasteiger partial charge in [-0.15, -0.1) is 0 Å². The molecule has 0 saturated carbocycles. The van der Waals surface area contributed by atoms with Gasteiger partial charge in [0.15, 0.2) is 0 Å². The third-order valence-electron chi connectivity index (χ3n) is 3.78. The zero-order valence-corrected chi connectivity index (χ0v) is 12.2. The molecule has 3 heteroatoms. The number of aromatic amines is 1. The predicted molar refractivity (Wildman–Crippen MR) is 82.4 cm³/mol. The monoisotopic (exact) mass is 259 g/mol. The summed E-state index contributed by atoms with van der Waals surface area (Å²) < 4.78 is 0. The molecule has 0 fully saturated rings. The zero-order valence-electron chi connectivity index (χ0n) is 12.2. The molecule has 1 heterocycles. The first-order valence-corrected chi connectivity index (χ1v) is 7.02. The molecule has 0 amide bonds. The van der Waals surface area contributed by atoms with E-state index in [0.29, 0.717) is 5.92 Å². The summed E-state index contributed by atoms with van der Waals surface area (Å²) in [6.07, 6.45) is 2.14. The highest BCUT2D eigenvalue weighted by Crippen LogP contribution is 2.29. The molecule has 0 aliphatic carbocycles. The molecule has 1 unspecified atom stereocenters. The Hall–Kier alpha value is -1.32. The second kappa shape index (κ2) is 5.76. The first-order valence-electron chi connectivity index (χ1n) is 7.02. The Morgan fingerprint density at radius 2 is 2.05 bits per heavy atom. The van der Waals surface area contributed by atoms with Crippen molar-refractivity contribution in [3.8, 4) is 0 Å². The van der Waals surface area contributed by atoms with Crippen molar-refractivity contribution in [1.82, 2.24) is 10.3 Å². The Kier molecular flexibility index (Phi) is 4.27. The van der Waals surface area contributed by atoms with Gasteiger partial charge in [0.25, 0.3) is 0 Å². The number of aromatic nitrogens is 1. The molecular weight excluding hydrogens is 234 g/mol. The van der Waals surface area contributed by atoms with Crippen LogP contribution in [0.15, 0.2) is 30.5 Å². The number of hydrogen-bond acceptors (Lipinski definition) is 2. The predicted octanol–water partition coefficient (Wildman–Crippen LogP) is 2.63. The van der Waals surface area contributed by atoms with E-state index in [1.807, 2.05) is 0 Å². The highest BCUT2D eigenvalue weighted by atomic mass is 14.9. The quantitative estimate of drug-likeness (QED) is 0.747. The summed E-state index contributed by atoms with van der Waals surface area (Å²) in [5.41, 5.74) is 8.33. The molecule has 1 aromatic carbocycles. The van der Waals surface area contributed by atoms with Crippen molar-refractivity contribution in [1.29, 1.82) is 0 Å². The summed E-state index contributed by atoms with van der Waals surface area (Å²) in [4.78, 5) is 3.36. The van der Waals surface area contributed by atoms with Gasteiger partial charge >= 0.3 is 0 Å². The van der Waals surface area contributed by atoms with Crippen LogP contribution in [0.2, 0.25) is 0 Å². The largest absolute Gasteiger partial charge is 0.361 e. The first-order chi connectivity index (χ1) is 9.04. The fourth-order valence-electron chi connectivity index (χ4n) is 2.44. The van der Waals surface area contributed by atoms with Crippen molar-refractivity contribution < 1.29 is 0 Å². The van der Waals surface area contributed by atoms with E-state index in [-0.39, 0.29) is 5.41 Å². The molecule has 3 nitrogen and oxygen atoms in total. The fraction of sp³-hybridized carbons (Fsp3) is 0.500. The van der Waals surface area contributed by atoms with Crippen LogP contribution in [-0.4, -0.2) is 24.6 Å². The molecule has 19 heavy (non-hydrogen) atoms. The molecule has 1 aromatic heterocycles. The average Bonchev–Trinajstić information content (AvgIpc) is 2.82. The van der Waals surface area contributed by atoms with E-state index < -0.39 is 0 Å². The van der Waals surface area contributed by atoms with Crippen LogP contribution >= 0.6 is 0 Å². The standard InChI is InChI=1S/C16H25N3/c1-12(8-17)9-18-11-16(2,3)14-10-19-15-7-5-4-6-13(14)15/h4-7,10,12,18-19H,8-9,11,17H2,1-3H3. The van der Waals surface area contributed by atoms with E-state index in [4.69, 9.17) is 5.73 Å². The summed E-state index contributed by atoms with van der Waals surface area (Å²) in [5.74, 6) is 0.527. The lowest BCUT2D eigenvalue weighted by molar-refractivity contribution is 0.437. The maximum absolute atomic E-state index is 5.65. The maximum atomic E-state index is 5.65. The number of para-hydroxylation sites is 1. The Bertz CT molecular complexity index is 528. The van der Waals surface area contributed by atoms with Crippen LogP contribution in [0.5, 0.6) is 0 Å². The fourth-order valence-corrected chi connectivity index (χ4v) is 2.44. The van der Waals surface area contributed by atoms with Crippen LogP contribution in [0.25, 0.3) is 10.9 Å². The summed E-state index contributed by atoms with van der Waals surface area (Å²) in [6.45, 7) is 9.40. The van der Waals surface area contributed by atoms with Crippen molar-refractivity contribution in [2.45, 2.75) is 26.2 Å². The van der Waals surface area contributed by atoms with Gasteiger partial charge in [-0.2, -0.15) is 0 Å². The molecular formula is C16H25N3. The summed E-state index contributed by atoms with van der Waals surface area (Å²) >= 11 is 0. The van der Waals surface area contributed by atoms with Crippen LogP contribution < -0.4 is 11.1 Å². The molecule has 104 valence electrons. The van der Waals surface area contributed by atoms with E-state index in [1.165, 1.54) is 16.5 Å². The zero-order chi connectivity index (χ0) is 13.9. The van der Waals surface area contributed by atoms with Crippen LogP contribution in [-0.2, 0) is 5.41 Å². The molecule has 0 saturated heterocycles. The summed E-state index contributed by atoms with van der Waals surface area (Å²) in [7, 11) is 0. The Labute approximate surface area is 115 Å². The van der Waals surface area contributed by atoms with Gasteiger partial charge < -0.3 is 16.0 Å². The molecule has 0 bridgehead atoms. The van der Waals surface area contributed by atoms with E-state index in [2.05, 4.69) is 61.5 Å². The SMILES string of the molecule is CC(CN)CNCC(C)(C)c1c[nH]c2ccccc12. The van der Waals surface area contributed by atoms with Crippen molar-refractivity contribution in [3.63, 3.8) is 0 Å². The number of benzene rings is 1. The topological polar surface area (TPSA) is 53.8 Å². The number of nitrogens with two attached hydrogens (primary N) is 1. The minimum atomic E-state index is 0.105. The molecule has 4 N–H and O–H groups in total. The maximum Gasteiger partial charge on any atom is 0.0457 e. The number of hydrogen-bond donors (Lipinski definition) is 3. The second-order valence-electron chi connectivity index (χ2n) is 6.10. The van der Waals surface area contributed by atoms with Gasteiger partial charge in [0.1, 0.15) is 0 Å². The van der Waals surface area contributed by atoms with E-state index in [1.54, 1.807) is 0 Å². The van der Waals surface area contributed by atoms with Crippen molar-refractivity contribution in [3.05, 3.63) is 36.0 Å². The Morgan fingerprint density at radius 1 is 1.32 bits per heavy atom. The van der Waals surface area contributed by atoms with Crippen LogP contribution in [0.3, 0.4) is 0 Å². The second-order valence-corrected chi connectivity index (χ2v) is 6.10. The molecule has 2 aromatic rings. The number of H-pyrrole nitrogens is 1. The lowest BCUT2D eigenvalue weighted by atomic mass is 9.84. The molecule has 0 spiro atoms. The Balaban J connectivity index is 2.10. The average molecular weight is 259 g/mol. The van der Waals surface area contributed by atoms with Gasteiger partial charge in [-0.25, -0.2) is 0 Å². The van der Waals surface area contributed by atoms with Crippen molar-refractivity contribution in [2.24, 2.45) is 11.7 Å². The Morgan fingerprint density at radius 3 is 2.79 bits per heavy atom. The molecule has 0 radical (unpaired) electrons. The van der Waals surface area contributed by atoms with Crippen molar-refractivity contribution >= 4 is 10.9 Å². The van der Waals surface area contributed by atoms with Gasteiger partial charge in [-0.3, -0.25) is 0 Å². The lowest BCUT2D eigenvalue weighted by Crippen LogP contribution is -2.36. The van der Waals surface area contributed by atoms with Gasteiger partial charge in [0, 0.05) is 29.1 Å². The summed E-state index contributed by atoms with van der Waals surface area (Å²) in [5, 5.41) is 4.86. The van der Waals surface area contributed by atoms with Gasteiger partial charge in [-0.1, -0.05) is 39.0 Å². The minimum absolute atomic E-state index is 0.105. The van der Waals surface area contributed by atoms with Gasteiger partial charge in [0.2, 0.25) is 0 Å². The molecule has 2 rings (SSSR count). The molecule has 0 aliphatic rings. The third-order valence-corrected chi connectivity index (χ3v) is 3.78. The third kappa shape index (κ3) is 3.17. The van der Waals surface area contributed by atoms with E-state index in [0.717, 1.165) is 19.6 Å². The van der Waals surface area contributed by atoms with Gasteiger partial charge in [0.05, 0.1) is 0 Å². The summed E-state index contributed by atoms with van der Waals surface area (Å²) in [6, 6.07) is 8.47. The van der Waals surface area contributed by atoms with Gasteiger partial charge in [-0.05, 0) is 30.6 Å². The van der Waals surface area contributed by atoms with E-state index in [9.17, 15) is 0 Å². The molecule has 1 atom stereocenters. The van der Waals surface area contributed by atoms with Crippen LogP contribution in [0, 0.1) is 5.92 Å². The number of rotatable bonds is 6. The van der Waals surface area contributed by atoms with Crippen LogP contribution in [0.4, 0.5) is 0 Å². The smallest absolute Gasteiger partial charge is 0.0457 e. The van der Waals surface area contributed by atoms with Crippen molar-refractivity contribution in [2.75, 3.05) is 19.6 Å². The van der Waals surface area contributed by atoms with E-state index >= 15 is 0 Å².